The summed E-state index contributed by atoms with van der Waals surface area (Å²) in [4.78, 5) is 41.2. The Bertz CT molecular complexity index is 1440. The van der Waals surface area contributed by atoms with Gasteiger partial charge in [-0.05, 0) is 95.3 Å². The predicted octanol–water partition coefficient (Wildman–Crippen LogP) is 4.70. The monoisotopic (exact) mass is 589 g/mol. The molecule has 0 saturated carbocycles. The summed E-state index contributed by atoms with van der Waals surface area (Å²) in [5, 5.41) is 1.27. The molecule has 7 nitrogen and oxygen atoms in total. The second kappa shape index (κ2) is 11.5. The first-order valence-electron chi connectivity index (χ1n) is 15.7. The summed E-state index contributed by atoms with van der Waals surface area (Å²) in [7, 11) is 3.65. The number of carbonyl (C=O) groups is 2. The van der Waals surface area contributed by atoms with Crippen molar-refractivity contribution >= 4 is 33.2 Å². The minimum atomic E-state index is -0.502. The fourth-order valence-electron chi connectivity index (χ4n) is 7.42. The van der Waals surface area contributed by atoms with Crippen LogP contribution in [0.3, 0.4) is 0 Å². The molecule has 1 atom stereocenters. The number of Topliss-reactive ketones (excluding diaryl/α,β-unsaturated/α-hetero) is 1. The van der Waals surface area contributed by atoms with E-state index >= 15 is 0 Å². The third-order valence-electron chi connectivity index (χ3n) is 10.0. The lowest BCUT2D eigenvalue weighted by Crippen LogP contribution is -2.49. The number of aromatic nitrogens is 1. The van der Waals surface area contributed by atoms with Gasteiger partial charge in [0.05, 0.1) is 23.7 Å². The molecule has 8 heteroatoms. The number of hydrogen-bond acceptors (Lipinski definition) is 6. The molecule has 3 aromatic rings. The van der Waals surface area contributed by atoms with Crippen molar-refractivity contribution in [3.05, 3.63) is 45.8 Å². The summed E-state index contributed by atoms with van der Waals surface area (Å²) in [5.74, 6) is 1.10. The van der Waals surface area contributed by atoms with Gasteiger partial charge in [-0.1, -0.05) is 17.2 Å². The Morgan fingerprint density at radius 1 is 0.952 bits per heavy atom. The van der Waals surface area contributed by atoms with Crippen LogP contribution in [0.5, 0.6) is 0 Å². The number of benzene rings is 1. The number of nitrogens with zero attached hydrogens (tertiary/aromatic N) is 4. The molecule has 3 saturated heterocycles. The zero-order valence-corrected chi connectivity index (χ0v) is 27.1. The van der Waals surface area contributed by atoms with Crippen LogP contribution in [0.25, 0.3) is 21.5 Å². The van der Waals surface area contributed by atoms with Gasteiger partial charge in [0.2, 0.25) is 5.91 Å². The maximum Gasteiger partial charge on any atom is 0.236 e. The molecule has 1 unspecified atom stereocenters. The van der Waals surface area contributed by atoms with E-state index in [2.05, 4.69) is 71.6 Å². The number of thiophene rings is 1. The molecule has 226 valence electrons. The summed E-state index contributed by atoms with van der Waals surface area (Å²) >= 11 is 1.77. The Morgan fingerprint density at radius 3 is 2.19 bits per heavy atom. The third-order valence-corrected chi connectivity index (χ3v) is 11.4. The summed E-state index contributed by atoms with van der Waals surface area (Å²) in [6, 6.07) is 9.22. The van der Waals surface area contributed by atoms with Gasteiger partial charge < -0.3 is 14.8 Å². The van der Waals surface area contributed by atoms with Crippen molar-refractivity contribution in [2.24, 2.45) is 5.92 Å². The van der Waals surface area contributed by atoms with Gasteiger partial charge in [-0.3, -0.25) is 19.4 Å². The number of piperidine rings is 1. The molecule has 0 aliphatic carbocycles. The van der Waals surface area contributed by atoms with E-state index in [9.17, 15) is 9.59 Å². The highest BCUT2D eigenvalue weighted by Gasteiger charge is 2.49. The molecule has 1 amide bonds. The lowest BCUT2D eigenvalue weighted by atomic mass is 9.79. The zero-order valence-electron chi connectivity index (χ0n) is 26.3. The van der Waals surface area contributed by atoms with Gasteiger partial charge in [0.25, 0.3) is 0 Å². The number of hydrogen-bond donors (Lipinski definition) is 1. The molecule has 6 rings (SSSR count). The molecule has 1 N–H and O–H groups in total. The van der Waals surface area contributed by atoms with Gasteiger partial charge in [0.1, 0.15) is 4.83 Å². The standard InChI is InChI=1S/C34H47N5O2S/c1-22-17-23(2)19-25(18-22)30-26(9-10-37-13-15-38(16-14-37)21-29(40)36(5)6)27-20-28(42-33(27)35-30)34(3,4)32(41)31-24-7-11-39(31)12-8-24/h17-20,24,31,35H,7-16,21H2,1-6H3. The number of ketones is 1. The first-order chi connectivity index (χ1) is 20.0. The van der Waals surface area contributed by atoms with Crippen LogP contribution in [0.2, 0.25) is 0 Å². The third kappa shape index (κ3) is 5.59. The van der Waals surface area contributed by atoms with Crippen LogP contribution in [-0.2, 0) is 21.4 Å². The number of fused-ring (bicyclic) bond motifs is 3. The minimum Gasteiger partial charge on any atom is -0.348 e. The number of aromatic amines is 1. The number of carbonyl (C=O) groups excluding carboxylic acids is 2. The van der Waals surface area contributed by atoms with Crippen molar-refractivity contribution in [3.63, 3.8) is 0 Å². The molecule has 1 aromatic carbocycles. The molecule has 3 aliphatic heterocycles. The number of rotatable bonds is 9. The smallest absolute Gasteiger partial charge is 0.236 e. The Morgan fingerprint density at radius 2 is 1.60 bits per heavy atom. The van der Waals surface area contributed by atoms with Gasteiger partial charge in [0.15, 0.2) is 5.78 Å². The quantitative estimate of drug-likeness (QED) is 0.392. The molecular weight excluding hydrogens is 542 g/mol. The molecule has 0 radical (unpaired) electrons. The molecule has 3 fully saturated rings. The van der Waals surface area contributed by atoms with Crippen LogP contribution >= 0.6 is 11.3 Å². The lowest BCUT2D eigenvalue weighted by molar-refractivity contribution is -0.130. The van der Waals surface area contributed by atoms with Gasteiger partial charge >= 0.3 is 0 Å². The van der Waals surface area contributed by atoms with E-state index in [0.717, 1.165) is 52.2 Å². The normalized spacial score (nSPS) is 23.2. The van der Waals surface area contributed by atoms with Crippen molar-refractivity contribution in [1.82, 2.24) is 24.6 Å². The number of H-pyrrole nitrogens is 1. The Kier molecular flexibility index (Phi) is 8.11. The molecule has 5 heterocycles. The fourth-order valence-corrected chi connectivity index (χ4v) is 8.62. The Balaban J connectivity index is 1.25. The SMILES string of the molecule is Cc1cc(C)cc(-c2[nH]c3sc(C(C)(C)C(=O)C4C5CCN4CC5)cc3c2CCN2CCN(CC(=O)N(C)C)CC2)c1. The maximum absolute atomic E-state index is 14.0. The molecule has 2 bridgehead atoms. The van der Waals surface area contributed by atoms with E-state index in [1.54, 1.807) is 16.2 Å². The number of piperazine rings is 1. The van der Waals surface area contributed by atoms with Crippen LogP contribution in [0.4, 0.5) is 0 Å². The van der Waals surface area contributed by atoms with Crippen molar-refractivity contribution in [2.45, 2.75) is 58.4 Å². The van der Waals surface area contributed by atoms with Gasteiger partial charge in [-0.25, -0.2) is 0 Å². The van der Waals surface area contributed by atoms with Gasteiger partial charge in [-0.2, -0.15) is 0 Å². The highest BCUT2D eigenvalue weighted by atomic mass is 32.1. The van der Waals surface area contributed by atoms with Crippen molar-refractivity contribution < 1.29 is 9.59 Å². The van der Waals surface area contributed by atoms with Crippen LogP contribution < -0.4 is 0 Å². The van der Waals surface area contributed by atoms with E-state index in [1.165, 1.54) is 55.9 Å². The largest absolute Gasteiger partial charge is 0.348 e. The minimum absolute atomic E-state index is 0.0948. The molecule has 2 aromatic heterocycles. The fraction of sp³-hybridized carbons (Fsp3) is 0.588. The van der Waals surface area contributed by atoms with Crippen LogP contribution in [0.15, 0.2) is 24.3 Å². The van der Waals surface area contributed by atoms with Gasteiger partial charge in [-0.15, -0.1) is 11.3 Å². The highest BCUT2D eigenvalue weighted by Crippen LogP contribution is 2.44. The van der Waals surface area contributed by atoms with E-state index in [4.69, 9.17) is 0 Å². The van der Waals surface area contributed by atoms with Crippen molar-refractivity contribution in [1.29, 1.82) is 0 Å². The molecule has 42 heavy (non-hydrogen) atoms. The Labute approximate surface area is 254 Å². The Hall–Kier alpha value is -2.52. The lowest BCUT2D eigenvalue weighted by Gasteiger charge is -2.34. The second-order valence-corrected chi connectivity index (χ2v) is 14.7. The summed E-state index contributed by atoms with van der Waals surface area (Å²) < 4.78 is 0. The highest BCUT2D eigenvalue weighted by molar-refractivity contribution is 7.19. The number of nitrogens with one attached hydrogen (secondary N) is 1. The summed E-state index contributed by atoms with van der Waals surface area (Å²) in [6.07, 6.45) is 3.28. The predicted molar refractivity (Wildman–Crippen MR) is 172 cm³/mol. The van der Waals surface area contributed by atoms with E-state index in [-0.39, 0.29) is 11.9 Å². The molecule has 3 aliphatic rings. The molecule has 0 spiro atoms. The maximum atomic E-state index is 14.0. The number of aryl methyl sites for hydroxylation is 2. The first-order valence-corrected chi connectivity index (χ1v) is 16.5. The number of amides is 1. The average molecular weight is 590 g/mol. The second-order valence-electron chi connectivity index (χ2n) is 13.7. The van der Waals surface area contributed by atoms with E-state index in [1.807, 2.05) is 14.1 Å². The van der Waals surface area contributed by atoms with Crippen molar-refractivity contribution in [3.8, 4) is 11.3 Å². The van der Waals surface area contributed by atoms with Gasteiger partial charge in [0, 0.05) is 57.1 Å². The molecular formula is C34H47N5O2S. The van der Waals surface area contributed by atoms with E-state index in [0.29, 0.717) is 18.2 Å². The van der Waals surface area contributed by atoms with E-state index < -0.39 is 5.41 Å². The topological polar surface area (TPSA) is 62.9 Å². The van der Waals surface area contributed by atoms with Crippen LogP contribution in [0, 0.1) is 19.8 Å². The first kappa shape index (κ1) is 29.5. The van der Waals surface area contributed by atoms with Crippen molar-refractivity contribution in [2.75, 3.05) is 66.5 Å². The number of likely N-dealkylation sites (N-methyl/N-ethyl adjacent to an activating group) is 1. The summed E-state index contributed by atoms with van der Waals surface area (Å²) in [6.45, 7) is 16.0. The summed E-state index contributed by atoms with van der Waals surface area (Å²) in [5.41, 5.74) is 5.85. The van der Waals surface area contributed by atoms with Crippen LogP contribution in [-0.4, -0.2) is 109 Å². The average Bonchev–Trinajstić information content (AvgIpc) is 3.72. The zero-order chi connectivity index (χ0) is 29.8. The van der Waals surface area contributed by atoms with Crippen LogP contribution in [0.1, 0.15) is 48.3 Å².